The van der Waals surface area contributed by atoms with Gasteiger partial charge < -0.3 is 15.2 Å². The summed E-state index contributed by atoms with van der Waals surface area (Å²) in [5.41, 5.74) is 4.11. The minimum Gasteiger partial charge on any atom is -0.481 e. The molecule has 2 aromatic carbocycles. The Kier molecular flexibility index (Phi) is 6.17. The molecule has 2 aliphatic carbocycles. The van der Waals surface area contributed by atoms with Crippen LogP contribution < -0.4 is 10.6 Å². The van der Waals surface area contributed by atoms with Crippen molar-refractivity contribution in [2.75, 3.05) is 18.5 Å². The van der Waals surface area contributed by atoms with Gasteiger partial charge in [-0.05, 0) is 51.3 Å². The number of anilines is 1. The second-order valence-electron chi connectivity index (χ2n) is 8.76. The summed E-state index contributed by atoms with van der Waals surface area (Å²) in [6, 6.07) is 16.0. The summed E-state index contributed by atoms with van der Waals surface area (Å²) in [7, 11) is 0. The van der Waals surface area contributed by atoms with Crippen LogP contribution in [-0.2, 0) is 9.53 Å². The lowest BCUT2D eigenvalue weighted by Gasteiger charge is -2.31. The average Bonchev–Trinajstić information content (AvgIpc) is 3.41. The fourth-order valence-electron chi connectivity index (χ4n) is 4.73. The van der Waals surface area contributed by atoms with Gasteiger partial charge in [0.1, 0.15) is 6.61 Å². The lowest BCUT2D eigenvalue weighted by Crippen LogP contribution is -2.39. The molecule has 0 spiro atoms. The first-order chi connectivity index (χ1) is 17.0. The normalized spacial score (nSPS) is 15.4. The predicted molar refractivity (Wildman–Crippen MR) is 124 cm³/mol. The molecule has 10 nitrogen and oxygen atoms in total. The molecule has 2 amide bonds. The van der Waals surface area contributed by atoms with E-state index in [1.54, 1.807) is 0 Å². The molecule has 1 fully saturated rings. The number of aliphatic carboxylic acids is 1. The van der Waals surface area contributed by atoms with Crippen LogP contribution in [0.3, 0.4) is 0 Å². The number of amides is 2. The molecule has 0 aliphatic heterocycles. The highest BCUT2D eigenvalue weighted by atomic mass is 16.6. The van der Waals surface area contributed by atoms with Crippen molar-refractivity contribution >= 4 is 23.8 Å². The monoisotopic (exact) mass is 476 g/mol. The summed E-state index contributed by atoms with van der Waals surface area (Å²) in [5.74, 6) is -2.59. The first-order valence-corrected chi connectivity index (χ1v) is 11.5. The number of carbonyl (C=O) groups excluding carboxylic acids is 2. The van der Waals surface area contributed by atoms with Crippen molar-refractivity contribution in [1.29, 1.82) is 0 Å². The maximum Gasteiger partial charge on any atom is 0.412 e. The molecular formula is C25H24N4O6. The Hall–Kier alpha value is -4.21. The van der Waals surface area contributed by atoms with Crippen LogP contribution in [0.15, 0.2) is 53.2 Å². The fraction of sp³-hybridized carbons (Fsp3) is 0.320. The quantitative estimate of drug-likeness (QED) is 0.447. The average molecular weight is 476 g/mol. The Morgan fingerprint density at radius 2 is 1.69 bits per heavy atom. The van der Waals surface area contributed by atoms with Crippen LogP contribution in [0, 0.1) is 11.8 Å². The zero-order valence-corrected chi connectivity index (χ0v) is 18.8. The van der Waals surface area contributed by atoms with Crippen molar-refractivity contribution in [2.45, 2.75) is 25.2 Å². The Bertz CT molecular complexity index is 1220. The molecule has 0 radical (unpaired) electrons. The highest BCUT2D eigenvalue weighted by Crippen LogP contribution is 2.44. The molecule has 0 bridgehead atoms. The molecule has 1 atom stereocenters. The summed E-state index contributed by atoms with van der Waals surface area (Å²) in [6.07, 6.45) is 1.83. The molecule has 1 unspecified atom stereocenters. The van der Waals surface area contributed by atoms with E-state index in [-0.39, 0.29) is 36.5 Å². The van der Waals surface area contributed by atoms with Crippen LogP contribution in [-0.4, -0.2) is 46.5 Å². The fourth-order valence-corrected chi connectivity index (χ4v) is 4.73. The maximum absolute atomic E-state index is 12.5. The van der Waals surface area contributed by atoms with Crippen LogP contribution >= 0.6 is 0 Å². The van der Waals surface area contributed by atoms with Gasteiger partial charge in [0.05, 0.1) is 5.92 Å². The summed E-state index contributed by atoms with van der Waals surface area (Å²) in [6.45, 7) is 0.0461. The third kappa shape index (κ3) is 4.46. The van der Waals surface area contributed by atoms with Crippen molar-refractivity contribution in [3.63, 3.8) is 0 Å². The van der Waals surface area contributed by atoms with E-state index in [1.165, 1.54) is 0 Å². The van der Waals surface area contributed by atoms with Gasteiger partial charge in [-0.2, -0.15) is 0 Å². The molecule has 180 valence electrons. The molecule has 10 heteroatoms. The predicted octanol–water partition coefficient (Wildman–Crippen LogP) is 3.66. The van der Waals surface area contributed by atoms with E-state index in [0.717, 1.165) is 41.5 Å². The molecule has 35 heavy (non-hydrogen) atoms. The first kappa shape index (κ1) is 22.6. The summed E-state index contributed by atoms with van der Waals surface area (Å²) in [5, 5.41) is 21.5. The highest BCUT2D eigenvalue weighted by molar-refractivity contribution is 5.99. The number of hydrogen-bond acceptors (Lipinski definition) is 7. The Morgan fingerprint density at radius 3 is 2.29 bits per heavy atom. The van der Waals surface area contributed by atoms with E-state index >= 15 is 0 Å². The van der Waals surface area contributed by atoms with E-state index in [2.05, 4.69) is 25.6 Å². The number of ether oxygens (including phenoxy) is 1. The molecule has 0 saturated heterocycles. The van der Waals surface area contributed by atoms with Crippen molar-refractivity contribution < 1.29 is 28.9 Å². The Morgan fingerprint density at radius 1 is 1.03 bits per heavy atom. The number of carboxylic acids is 1. The molecule has 3 N–H and O–H groups in total. The second kappa shape index (κ2) is 9.57. The van der Waals surface area contributed by atoms with Crippen LogP contribution in [0.4, 0.5) is 10.6 Å². The highest BCUT2D eigenvalue weighted by Gasteiger charge is 2.33. The minimum atomic E-state index is -0.953. The lowest BCUT2D eigenvalue weighted by molar-refractivity contribution is -0.144. The second-order valence-corrected chi connectivity index (χ2v) is 8.76. The summed E-state index contributed by atoms with van der Waals surface area (Å²) < 4.78 is 10.1. The zero-order valence-electron chi connectivity index (χ0n) is 18.8. The summed E-state index contributed by atoms with van der Waals surface area (Å²) >= 11 is 0. The van der Waals surface area contributed by atoms with E-state index in [0.29, 0.717) is 0 Å². The van der Waals surface area contributed by atoms with E-state index < -0.39 is 23.9 Å². The number of fused-ring (bicyclic) bond motifs is 3. The number of aromatic nitrogens is 2. The number of carbonyl (C=O) groups is 3. The van der Waals surface area contributed by atoms with Gasteiger partial charge in [0.2, 0.25) is 11.5 Å². The number of rotatable bonds is 8. The topological polar surface area (TPSA) is 144 Å². The Balaban J connectivity index is 1.20. The number of nitrogens with one attached hydrogen (secondary N) is 2. The largest absolute Gasteiger partial charge is 0.481 e. The van der Waals surface area contributed by atoms with E-state index in [4.69, 9.17) is 4.74 Å². The third-order valence-electron chi connectivity index (χ3n) is 6.79. The minimum absolute atomic E-state index is 0.0432. The van der Waals surface area contributed by atoms with Crippen molar-refractivity contribution in [2.24, 2.45) is 11.8 Å². The molecule has 1 heterocycles. The van der Waals surface area contributed by atoms with Crippen LogP contribution in [0.5, 0.6) is 0 Å². The van der Waals surface area contributed by atoms with Gasteiger partial charge in [-0.3, -0.25) is 14.9 Å². The van der Waals surface area contributed by atoms with Crippen molar-refractivity contribution in [3.8, 4) is 11.1 Å². The Labute approximate surface area is 200 Å². The van der Waals surface area contributed by atoms with Gasteiger partial charge in [-0.15, -0.1) is 0 Å². The van der Waals surface area contributed by atoms with E-state index in [9.17, 15) is 19.5 Å². The van der Waals surface area contributed by atoms with Gasteiger partial charge >= 0.3 is 12.1 Å². The number of benzene rings is 2. The molecule has 3 aromatic rings. The van der Waals surface area contributed by atoms with Crippen LogP contribution in [0.1, 0.15) is 46.8 Å². The summed E-state index contributed by atoms with van der Waals surface area (Å²) in [4.78, 5) is 36.6. The molecular weight excluding hydrogens is 452 g/mol. The smallest absolute Gasteiger partial charge is 0.412 e. The van der Waals surface area contributed by atoms with Gasteiger partial charge in [-0.1, -0.05) is 55.0 Å². The zero-order chi connectivity index (χ0) is 24.4. The number of carboxylic acid groups (broad SMARTS) is 1. The van der Waals surface area contributed by atoms with Crippen molar-refractivity contribution in [3.05, 3.63) is 65.4 Å². The van der Waals surface area contributed by atoms with Gasteiger partial charge in [-0.25, -0.2) is 9.42 Å². The van der Waals surface area contributed by atoms with Crippen LogP contribution in [0.2, 0.25) is 0 Å². The van der Waals surface area contributed by atoms with Gasteiger partial charge in [0, 0.05) is 12.5 Å². The number of nitrogens with zero attached hydrogens (tertiary/aromatic N) is 2. The molecule has 2 aliphatic rings. The molecule has 1 saturated carbocycles. The van der Waals surface area contributed by atoms with Crippen molar-refractivity contribution in [1.82, 2.24) is 15.6 Å². The van der Waals surface area contributed by atoms with Gasteiger partial charge in [0.15, 0.2) is 0 Å². The SMILES string of the molecule is O=C(Nc1nonc1C(=O)NCC(C(=O)O)C1CCC1)OCC1c2ccccc2-c2ccccc21. The first-order valence-electron chi connectivity index (χ1n) is 11.5. The maximum atomic E-state index is 12.5. The lowest BCUT2D eigenvalue weighted by atomic mass is 9.76. The standard InChI is InChI=1S/C25H24N4O6/c30-23(26-12-19(24(31)32)14-6-5-7-14)21-22(29-35-28-21)27-25(33)34-13-20-17-10-3-1-8-15(17)16-9-2-4-11-18(16)20/h1-4,8-11,14,19-20H,5-7,12-13H2,(H,26,30)(H,31,32)(H,27,29,33). The molecule has 1 aromatic heterocycles. The van der Waals surface area contributed by atoms with E-state index in [1.807, 2.05) is 48.5 Å². The van der Waals surface area contributed by atoms with Gasteiger partial charge in [0.25, 0.3) is 5.91 Å². The van der Waals surface area contributed by atoms with Crippen LogP contribution in [0.25, 0.3) is 11.1 Å². The number of hydrogen-bond donors (Lipinski definition) is 3. The third-order valence-corrected chi connectivity index (χ3v) is 6.79. The molecule has 5 rings (SSSR count).